The van der Waals surface area contributed by atoms with Crippen molar-refractivity contribution in [3.63, 3.8) is 0 Å². The zero-order valence-corrected chi connectivity index (χ0v) is 13.6. The highest BCUT2D eigenvalue weighted by Crippen LogP contribution is 2.27. The molecule has 2 aromatic carbocycles. The summed E-state index contributed by atoms with van der Waals surface area (Å²) in [6.45, 7) is 4.20. The molecule has 2 aromatic rings. The van der Waals surface area contributed by atoms with Gasteiger partial charge in [0.2, 0.25) is 0 Å². The van der Waals surface area contributed by atoms with Crippen LogP contribution < -0.4 is 5.32 Å². The van der Waals surface area contributed by atoms with E-state index in [0.717, 1.165) is 17.7 Å². The third kappa shape index (κ3) is 3.70. The molecule has 0 fully saturated rings. The first-order valence-electron chi connectivity index (χ1n) is 6.88. The molecule has 0 heterocycles. The van der Waals surface area contributed by atoms with Crippen molar-refractivity contribution in [3.05, 3.63) is 63.9 Å². The molecule has 0 aliphatic heterocycles. The second kappa shape index (κ2) is 6.85. The van der Waals surface area contributed by atoms with E-state index in [-0.39, 0.29) is 5.56 Å². The second-order valence-corrected chi connectivity index (χ2v) is 5.89. The number of hydrogen-bond acceptors (Lipinski definition) is 1. The maximum absolute atomic E-state index is 13.8. The number of carbonyl (C=O) groups excluding carboxylic acids is 1. The lowest BCUT2D eigenvalue weighted by molar-refractivity contribution is 0.102. The number of rotatable bonds is 4. The molecule has 0 saturated heterocycles. The molecule has 0 aliphatic rings. The summed E-state index contributed by atoms with van der Waals surface area (Å²) in [6.07, 6.45) is 0.972. The van der Waals surface area contributed by atoms with Gasteiger partial charge in [0.1, 0.15) is 5.82 Å². The zero-order valence-electron chi connectivity index (χ0n) is 12.0. The van der Waals surface area contributed by atoms with E-state index in [9.17, 15) is 9.18 Å². The van der Waals surface area contributed by atoms with Gasteiger partial charge in [-0.25, -0.2) is 4.39 Å². The molecule has 0 bridgehead atoms. The minimum Gasteiger partial charge on any atom is -0.322 e. The van der Waals surface area contributed by atoms with Gasteiger partial charge in [-0.05, 0) is 42.2 Å². The molecule has 0 aromatic heterocycles. The first-order valence-corrected chi connectivity index (χ1v) is 7.67. The molecule has 21 heavy (non-hydrogen) atoms. The molecule has 2 rings (SSSR count). The number of benzene rings is 2. The predicted molar refractivity (Wildman–Crippen MR) is 87.2 cm³/mol. The van der Waals surface area contributed by atoms with Gasteiger partial charge in [0.15, 0.2) is 0 Å². The highest BCUT2D eigenvalue weighted by molar-refractivity contribution is 9.10. The monoisotopic (exact) mass is 349 g/mol. The molecule has 1 N–H and O–H groups in total. The van der Waals surface area contributed by atoms with Crippen molar-refractivity contribution >= 4 is 27.5 Å². The Morgan fingerprint density at radius 3 is 2.67 bits per heavy atom. The Morgan fingerprint density at radius 1 is 1.29 bits per heavy atom. The van der Waals surface area contributed by atoms with Crippen LogP contribution in [0.25, 0.3) is 0 Å². The van der Waals surface area contributed by atoms with Crippen LogP contribution in [-0.4, -0.2) is 5.91 Å². The van der Waals surface area contributed by atoms with E-state index in [1.807, 2.05) is 24.3 Å². The van der Waals surface area contributed by atoms with Gasteiger partial charge < -0.3 is 5.32 Å². The van der Waals surface area contributed by atoms with Gasteiger partial charge in [-0.2, -0.15) is 0 Å². The van der Waals surface area contributed by atoms with E-state index in [0.29, 0.717) is 10.4 Å². The van der Waals surface area contributed by atoms with Gasteiger partial charge in [0.25, 0.3) is 5.91 Å². The summed E-state index contributed by atoms with van der Waals surface area (Å²) >= 11 is 3.18. The molecular weight excluding hydrogens is 333 g/mol. The van der Waals surface area contributed by atoms with Crippen molar-refractivity contribution in [1.29, 1.82) is 0 Å². The highest BCUT2D eigenvalue weighted by atomic mass is 79.9. The smallest absolute Gasteiger partial charge is 0.258 e. The minimum atomic E-state index is -0.539. The molecule has 2 nitrogen and oxygen atoms in total. The van der Waals surface area contributed by atoms with Gasteiger partial charge in [0, 0.05) is 10.2 Å². The van der Waals surface area contributed by atoms with Crippen LogP contribution >= 0.6 is 15.9 Å². The first-order chi connectivity index (χ1) is 10.0. The third-order valence-corrected chi connectivity index (χ3v) is 4.02. The average Bonchev–Trinajstić information content (AvgIpc) is 2.46. The quantitative estimate of drug-likeness (QED) is 0.791. The Balaban J connectivity index is 2.28. The minimum absolute atomic E-state index is 0.0390. The Morgan fingerprint density at radius 2 is 2.00 bits per heavy atom. The maximum atomic E-state index is 13.8. The van der Waals surface area contributed by atoms with Gasteiger partial charge in [0.05, 0.1) is 5.56 Å². The van der Waals surface area contributed by atoms with Crippen LogP contribution in [0.1, 0.15) is 42.1 Å². The Bertz CT molecular complexity index is 657. The number of halogens is 2. The van der Waals surface area contributed by atoms with E-state index >= 15 is 0 Å². The molecule has 4 heteroatoms. The Hall–Kier alpha value is -1.68. The molecule has 1 atom stereocenters. The van der Waals surface area contributed by atoms with Gasteiger partial charge >= 0.3 is 0 Å². The summed E-state index contributed by atoms with van der Waals surface area (Å²) in [7, 11) is 0. The predicted octanol–water partition coefficient (Wildman–Crippen LogP) is 5.35. The zero-order chi connectivity index (χ0) is 15.4. The second-order valence-electron chi connectivity index (χ2n) is 4.97. The van der Waals surface area contributed by atoms with E-state index in [2.05, 4.69) is 35.1 Å². The summed E-state index contributed by atoms with van der Waals surface area (Å²) in [4.78, 5) is 12.2. The van der Waals surface area contributed by atoms with Crippen LogP contribution in [0.2, 0.25) is 0 Å². The third-order valence-electron chi connectivity index (χ3n) is 3.53. The fraction of sp³-hybridized carbons (Fsp3) is 0.235. The SMILES string of the molecule is CCC(C)c1ccccc1NC(=O)c1ccc(Br)cc1F. The van der Waals surface area contributed by atoms with Crippen molar-refractivity contribution in [2.45, 2.75) is 26.2 Å². The molecule has 1 unspecified atom stereocenters. The van der Waals surface area contributed by atoms with Crippen LogP contribution in [0.4, 0.5) is 10.1 Å². The highest BCUT2D eigenvalue weighted by Gasteiger charge is 2.15. The summed E-state index contributed by atoms with van der Waals surface area (Å²) in [5.41, 5.74) is 1.84. The van der Waals surface area contributed by atoms with Crippen LogP contribution in [-0.2, 0) is 0 Å². The normalized spacial score (nSPS) is 12.0. The molecule has 0 spiro atoms. The van der Waals surface area contributed by atoms with Crippen molar-refractivity contribution in [3.8, 4) is 0 Å². The standard InChI is InChI=1S/C17H17BrFNO/c1-3-11(2)13-6-4-5-7-16(13)20-17(21)14-9-8-12(18)10-15(14)19/h4-11H,3H2,1-2H3,(H,20,21). The van der Waals surface area contributed by atoms with E-state index in [1.54, 1.807) is 6.07 Å². The molecule has 1 amide bonds. The molecular formula is C17H17BrFNO. The summed E-state index contributed by atoms with van der Waals surface area (Å²) < 4.78 is 14.4. The van der Waals surface area contributed by atoms with Gasteiger partial charge in [-0.15, -0.1) is 0 Å². The van der Waals surface area contributed by atoms with Crippen molar-refractivity contribution in [2.24, 2.45) is 0 Å². The maximum Gasteiger partial charge on any atom is 0.258 e. The van der Waals surface area contributed by atoms with Crippen molar-refractivity contribution in [2.75, 3.05) is 5.32 Å². The van der Waals surface area contributed by atoms with E-state index in [1.165, 1.54) is 12.1 Å². The van der Waals surface area contributed by atoms with E-state index < -0.39 is 11.7 Å². The van der Waals surface area contributed by atoms with Crippen LogP contribution in [0.15, 0.2) is 46.9 Å². The number of carbonyl (C=O) groups is 1. The topological polar surface area (TPSA) is 29.1 Å². The molecule has 0 radical (unpaired) electrons. The Kier molecular flexibility index (Phi) is 5.12. The molecule has 110 valence electrons. The number of nitrogens with one attached hydrogen (secondary N) is 1. The van der Waals surface area contributed by atoms with Gasteiger partial charge in [-0.3, -0.25) is 4.79 Å². The van der Waals surface area contributed by atoms with Crippen LogP contribution in [0.5, 0.6) is 0 Å². The lowest BCUT2D eigenvalue weighted by atomic mass is 9.97. The lowest BCUT2D eigenvalue weighted by Crippen LogP contribution is -2.15. The number of anilines is 1. The van der Waals surface area contributed by atoms with Crippen molar-refractivity contribution < 1.29 is 9.18 Å². The fourth-order valence-electron chi connectivity index (χ4n) is 2.12. The number of para-hydroxylation sites is 1. The molecule has 0 saturated carbocycles. The van der Waals surface area contributed by atoms with Crippen LogP contribution in [0.3, 0.4) is 0 Å². The van der Waals surface area contributed by atoms with E-state index in [4.69, 9.17) is 0 Å². The fourth-order valence-corrected chi connectivity index (χ4v) is 2.46. The number of hydrogen-bond donors (Lipinski definition) is 1. The van der Waals surface area contributed by atoms with Crippen molar-refractivity contribution in [1.82, 2.24) is 0 Å². The average molecular weight is 350 g/mol. The van der Waals surface area contributed by atoms with Crippen LogP contribution in [0, 0.1) is 5.82 Å². The molecule has 0 aliphatic carbocycles. The summed E-state index contributed by atoms with van der Waals surface area (Å²) in [5, 5.41) is 2.81. The summed E-state index contributed by atoms with van der Waals surface area (Å²) in [5.74, 6) is -0.644. The number of amides is 1. The first kappa shape index (κ1) is 15.7. The lowest BCUT2D eigenvalue weighted by Gasteiger charge is -2.15. The Labute approximate surface area is 132 Å². The summed E-state index contributed by atoms with van der Waals surface area (Å²) in [6, 6.07) is 12.0. The van der Waals surface area contributed by atoms with Gasteiger partial charge in [-0.1, -0.05) is 48.0 Å². The largest absolute Gasteiger partial charge is 0.322 e.